The number of nitrogens with one attached hydrogen (secondary N) is 1. The molecule has 92 valence electrons. The van der Waals surface area contributed by atoms with Crippen molar-refractivity contribution in [2.45, 2.75) is 13.8 Å². The van der Waals surface area contributed by atoms with Crippen molar-refractivity contribution in [2.75, 3.05) is 0 Å². The number of aryl methyl sites for hydroxylation is 1. The van der Waals surface area contributed by atoms with E-state index in [1.807, 2.05) is 44.2 Å². The maximum absolute atomic E-state index is 5.07. The van der Waals surface area contributed by atoms with Gasteiger partial charge in [-0.15, -0.1) is 0 Å². The molecule has 0 aliphatic rings. The first-order valence-corrected chi connectivity index (χ1v) is 5.99. The Morgan fingerprint density at radius 3 is 2.72 bits per heavy atom. The van der Waals surface area contributed by atoms with E-state index in [1.165, 1.54) is 0 Å². The Labute approximate surface area is 111 Å². The summed E-state index contributed by atoms with van der Waals surface area (Å²) in [4.78, 5) is 0. The molecule has 5 heteroatoms. The van der Waals surface area contributed by atoms with Gasteiger partial charge in [0.1, 0.15) is 5.82 Å². The molecule has 0 spiro atoms. The van der Waals surface area contributed by atoms with Crippen LogP contribution in [0.25, 0.3) is 6.08 Å². The molecule has 0 aliphatic carbocycles. The van der Waals surface area contributed by atoms with E-state index in [1.54, 1.807) is 10.9 Å². The van der Waals surface area contributed by atoms with Crippen molar-refractivity contribution < 1.29 is 0 Å². The maximum atomic E-state index is 5.07. The van der Waals surface area contributed by atoms with Crippen LogP contribution in [0.1, 0.15) is 18.3 Å². The zero-order chi connectivity index (χ0) is 13.0. The lowest BCUT2D eigenvalue weighted by Crippen LogP contribution is -1.93. The summed E-state index contributed by atoms with van der Waals surface area (Å²) >= 11 is 5.07. The monoisotopic (exact) mass is 258 g/mol. The molecule has 0 bridgehead atoms. The molecule has 1 aromatic heterocycles. The van der Waals surface area contributed by atoms with E-state index < -0.39 is 0 Å². The molecule has 0 radical (unpaired) electrons. The highest BCUT2D eigenvalue weighted by molar-refractivity contribution is 7.71. The first-order valence-electron chi connectivity index (χ1n) is 5.58. The molecular formula is C13H14N4S. The first-order chi connectivity index (χ1) is 8.66. The molecule has 0 fully saturated rings. The number of benzene rings is 1. The van der Waals surface area contributed by atoms with Crippen molar-refractivity contribution in [3.05, 3.63) is 52.1 Å². The van der Waals surface area contributed by atoms with Crippen molar-refractivity contribution in [1.29, 1.82) is 0 Å². The lowest BCUT2D eigenvalue weighted by atomic mass is 10.1. The zero-order valence-corrected chi connectivity index (χ0v) is 11.1. The minimum Gasteiger partial charge on any atom is -0.250 e. The zero-order valence-electron chi connectivity index (χ0n) is 10.3. The predicted molar refractivity (Wildman–Crippen MR) is 76.1 cm³/mol. The van der Waals surface area contributed by atoms with E-state index >= 15 is 0 Å². The van der Waals surface area contributed by atoms with Gasteiger partial charge in [-0.2, -0.15) is 14.9 Å². The van der Waals surface area contributed by atoms with Crippen molar-refractivity contribution in [2.24, 2.45) is 5.10 Å². The van der Waals surface area contributed by atoms with Gasteiger partial charge in [-0.05, 0) is 37.2 Å². The van der Waals surface area contributed by atoms with Gasteiger partial charge in [0.15, 0.2) is 0 Å². The minimum atomic E-state index is 0.497. The van der Waals surface area contributed by atoms with Gasteiger partial charge in [0.25, 0.3) is 0 Å². The second-order valence-electron chi connectivity index (χ2n) is 3.93. The predicted octanol–water partition coefficient (Wildman–Crippen LogP) is 3.19. The highest BCUT2D eigenvalue weighted by atomic mass is 32.1. The van der Waals surface area contributed by atoms with Gasteiger partial charge in [0.2, 0.25) is 4.77 Å². The Kier molecular flexibility index (Phi) is 3.84. The topological polar surface area (TPSA) is 46.0 Å². The van der Waals surface area contributed by atoms with Crippen LogP contribution in [-0.2, 0) is 0 Å². The number of allylic oxidation sites excluding steroid dienone is 1. The van der Waals surface area contributed by atoms with E-state index in [4.69, 9.17) is 12.2 Å². The number of hydrogen-bond acceptors (Lipinski definition) is 3. The van der Waals surface area contributed by atoms with Crippen LogP contribution in [0.3, 0.4) is 0 Å². The van der Waals surface area contributed by atoms with Gasteiger partial charge >= 0.3 is 0 Å². The van der Waals surface area contributed by atoms with Crippen molar-refractivity contribution in [3.8, 4) is 0 Å². The second-order valence-corrected chi connectivity index (χ2v) is 4.32. The summed E-state index contributed by atoms with van der Waals surface area (Å²) < 4.78 is 2.09. The average Bonchev–Trinajstić information content (AvgIpc) is 2.68. The Morgan fingerprint density at radius 2 is 2.11 bits per heavy atom. The van der Waals surface area contributed by atoms with Crippen LogP contribution >= 0.6 is 12.2 Å². The van der Waals surface area contributed by atoms with Crippen LogP contribution in [0.5, 0.6) is 0 Å². The van der Waals surface area contributed by atoms with Crippen molar-refractivity contribution in [1.82, 2.24) is 14.9 Å². The number of rotatable bonds is 3. The average molecular weight is 258 g/mol. The number of aromatic nitrogens is 3. The highest BCUT2D eigenvalue weighted by Gasteiger charge is 1.96. The third kappa shape index (κ3) is 3.01. The molecule has 2 aromatic rings. The smallest absolute Gasteiger partial charge is 0.216 e. The van der Waals surface area contributed by atoms with E-state index in [9.17, 15) is 0 Å². The maximum Gasteiger partial charge on any atom is 0.216 e. The summed E-state index contributed by atoms with van der Waals surface area (Å²) in [5.41, 5.74) is 2.19. The van der Waals surface area contributed by atoms with E-state index in [-0.39, 0.29) is 0 Å². The van der Waals surface area contributed by atoms with Crippen molar-refractivity contribution in [3.63, 3.8) is 0 Å². The largest absolute Gasteiger partial charge is 0.250 e. The van der Waals surface area contributed by atoms with Crippen LogP contribution < -0.4 is 0 Å². The van der Waals surface area contributed by atoms with Crippen LogP contribution in [0.4, 0.5) is 0 Å². The molecule has 0 saturated heterocycles. The van der Waals surface area contributed by atoms with Crippen LogP contribution in [0.2, 0.25) is 0 Å². The Bertz CT molecular complexity index is 635. The molecule has 0 saturated carbocycles. The SMILES string of the molecule is C/C(C=Nn1c(C)n[nH]c1=S)=C\c1ccccc1. The fraction of sp³-hybridized carbons (Fsp3) is 0.154. The molecular weight excluding hydrogens is 244 g/mol. The van der Waals surface area contributed by atoms with Crippen molar-refractivity contribution >= 4 is 24.5 Å². The Balaban J connectivity index is 2.20. The van der Waals surface area contributed by atoms with Crippen LogP contribution in [0.15, 0.2) is 41.0 Å². The summed E-state index contributed by atoms with van der Waals surface area (Å²) in [6, 6.07) is 10.1. The Morgan fingerprint density at radius 1 is 1.39 bits per heavy atom. The first kappa shape index (κ1) is 12.4. The summed E-state index contributed by atoms with van der Waals surface area (Å²) in [5, 5.41) is 11.0. The lowest BCUT2D eigenvalue weighted by Gasteiger charge is -1.96. The quantitative estimate of drug-likeness (QED) is 0.679. The van der Waals surface area contributed by atoms with Gasteiger partial charge in [-0.25, -0.2) is 0 Å². The highest BCUT2D eigenvalue weighted by Crippen LogP contribution is 2.05. The van der Waals surface area contributed by atoms with Gasteiger partial charge < -0.3 is 0 Å². The van der Waals surface area contributed by atoms with E-state index in [0.29, 0.717) is 4.77 Å². The number of nitrogens with zero attached hydrogens (tertiary/aromatic N) is 3. The molecule has 0 aliphatic heterocycles. The molecule has 4 nitrogen and oxygen atoms in total. The lowest BCUT2D eigenvalue weighted by molar-refractivity contribution is 0.820. The Hall–Kier alpha value is -2.01. The summed E-state index contributed by atoms with van der Waals surface area (Å²) in [5.74, 6) is 0.740. The van der Waals surface area contributed by atoms with E-state index in [2.05, 4.69) is 21.4 Å². The minimum absolute atomic E-state index is 0.497. The number of aromatic amines is 1. The fourth-order valence-electron chi connectivity index (χ4n) is 1.50. The van der Waals surface area contributed by atoms with Gasteiger partial charge in [-0.3, -0.25) is 5.10 Å². The molecule has 2 rings (SSSR count). The van der Waals surface area contributed by atoms with E-state index in [0.717, 1.165) is 17.0 Å². The number of H-pyrrole nitrogens is 1. The fourth-order valence-corrected chi connectivity index (χ4v) is 1.73. The van der Waals surface area contributed by atoms with Crippen LogP contribution in [-0.4, -0.2) is 21.1 Å². The molecule has 0 atom stereocenters. The van der Waals surface area contributed by atoms with Gasteiger partial charge in [-0.1, -0.05) is 36.4 Å². The number of hydrogen-bond donors (Lipinski definition) is 1. The summed E-state index contributed by atoms with van der Waals surface area (Å²) in [6.45, 7) is 3.84. The molecule has 1 aromatic carbocycles. The van der Waals surface area contributed by atoms with Gasteiger partial charge in [0.05, 0.1) is 6.21 Å². The summed E-state index contributed by atoms with van der Waals surface area (Å²) in [7, 11) is 0. The normalized spacial score (nSPS) is 12.2. The standard InChI is InChI=1S/C13H14N4S/c1-10(8-12-6-4-3-5-7-12)9-14-17-11(2)15-16-13(17)18/h3-9H,1-2H3,(H,16,18)/b10-8+,14-9?. The van der Waals surface area contributed by atoms with Crippen LogP contribution in [0, 0.1) is 11.7 Å². The third-order valence-corrected chi connectivity index (χ3v) is 2.65. The summed E-state index contributed by atoms with van der Waals surface area (Å²) in [6.07, 6.45) is 3.83. The third-order valence-electron chi connectivity index (χ3n) is 2.38. The molecule has 0 amide bonds. The molecule has 1 N–H and O–H groups in total. The second kappa shape index (κ2) is 5.55. The van der Waals surface area contributed by atoms with Gasteiger partial charge in [0, 0.05) is 0 Å². The molecule has 1 heterocycles. The molecule has 0 unspecified atom stereocenters. The molecule has 18 heavy (non-hydrogen) atoms.